The first-order valence-corrected chi connectivity index (χ1v) is 10.4. The van der Waals surface area contributed by atoms with E-state index in [9.17, 15) is 9.59 Å². The summed E-state index contributed by atoms with van der Waals surface area (Å²) < 4.78 is 0.666. The van der Waals surface area contributed by atoms with Crippen LogP contribution in [0.2, 0.25) is 4.34 Å². The maximum absolute atomic E-state index is 12.9. The molecule has 6 nitrogen and oxygen atoms in total. The second kappa shape index (κ2) is 8.80. The van der Waals surface area contributed by atoms with Crippen molar-refractivity contribution in [1.82, 2.24) is 9.80 Å². The van der Waals surface area contributed by atoms with E-state index < -0.39 is 6.04 Å². The molecular weight excluding hydrogens is 408 g/mol. The first-order valence-electron chi connectivity index (χ1n) is 9.24. The van der Waals surface area contributed by atoms with E-state index in [0.717, 1.165) is 10.4 Å². The SMILES string of the molecule is CC1CN(Cc2ccc(C(=N)N)cc2)C(=O)C(C)N1C(=O)/C=C/c1ccc(Cl)s1. The van der Waals surface area contributed by atoms with Crippen molar-refractivity contribution in [3.63, 3.8) is 0 Å². The number of nitrogen functional groups attached to an aromatic ring is 1. The van der Waals surface area contributed by atoms with Crippen LogP contribution < -0.4 is 5.73 Å². The number of nitrogens with one attached hydrogen (secondary N) is 1. The molecule has 2 atom stereocenters. The number of halogens is 1. The Bertz CT molecular complexity index is 954. The van der Waals surface area contributed by atoms with Crippen molar-refractivity contribution in [1.29, 1.82) is 5.41 Å². The number of hydrogen-bond acceptors (Lipinski definition) is 4. The van der Waals surface area contributed by atoms with Gasteiger partial charge in [0.1, 0.15) is 11.9 Å². The Morgan fingerprint density at radius 2 is 1.97 bits per heavy atom. The number of hydrogen-bond donors (Lipinski definition) is 2. The highest BCUT2D eigenvalue weighted by atomic mass is 35.5. The van der Waals surface area contributed by atoms with Crippen LogP contribution in [0.1, 0.15) is 29.9 Å². The number of carbonyl (C=O) groups excluding carboxylic acids is 2. The second-order valence-electron chi connectivity index (χ2n) is 7.08. The van der Waals surface area contributed by atoms with Crippen molar-refractivity contribution in [2.24, 2.45) is 5.73 Å². The average molecular weight is 431 g/mol. The first-order chi connectivity index (χ1) is 13.8. The Kier molecular flexibility index (Phi) is 6.39. The van der Waals surface area contributed by atoms with Crippen molar-refractivity contribution in [3.8, 4) is 0 Å². The topological polar surface area (TPSA) is 90.5 Å². The van der Waals surface area contributed by atoms with Crippen LogP contribution in [0.3, 0.4) is 0 Å². The molecule has 0 aliphatic carbocycles. The summed E-state index contributed by atoms with van der Waals surface area (Å²) >= 11 is 7.31. The number of rotatable bonds is 5. The molecule has 1 aliphatic heterocycles. The predicted molar refractivity (Wildman–Crippen MR) is 117 cm³/mol. The Morgan fingerprint density at radius 3 is 2.55 bits per heavy atom. The van der Waals surface area contributed by atoms with Gasteiger partial charge in [0.15, 0.2) is 0 Å². The van der Waals surface area contributed by atoms with E-state index in [4.69, 9.17) is 22.7 Å². The molecule has 3 N–H and O–H groups in total. The lowest BCUT2D eigenvalue weighted by Gasteiger charge is -2.43. The molecule has 1 aromatic carbocycles. The van der Waals surface area contributed by atoms with Gasteiger partial charge in [-0.3, -0.25) is 15.0 Å². The third kappa shape index (κ3) is 4.86. The number of benzene rings is 1. The van der Waals surface area contributed by atoms with Gasteiger partial charge in [-0.05, 0) is 37.6 Å². The predicted octanol–water partition coefficient (Wildman–Crippen LogP) is 3.35. The molecule has 1 aromatic heterocycles. The lowest BCUT2D eigenvalue weighted by molar-refractivity contribution is -0.152. The van der Waals surface area contributed by atoms with Crippen LogP contribution in [0.25, 0.3) is 6.08 Å². The monoisotopic (exact) mass is 430 g/mol. The highest BCUT2D eigenvalue weighted by Gasteiger charge is 2.37. The van der Waals surface area contributed by atoms with Crippen LogP contribution in [0.15, 0.2) is 42.5 Å². The number of carbonyl (C=O) groups is 2. The van der Waals surface area contributed by atoms with Gasteiger partial charge in [-0.1, -0.05) is 35.9 Å². The summed E-state index contributed by atoms with van der Waals surface area (Å²) in [5, 5.41) is 7.46. The molecule has 29 heavy (non-hydrogen) atoms. The van der Waals surface area contributed by atoms with E-state index in [-0.39, 0.29) is 23.7 Å². The third-order valence-electron chi connectivity index (χ3n) is 4.92. The normalized spacial score (nSPS) is 19.8. The van der Waals surface area contributed by atoms with Crippen molar-refractivity contribution in [2.45, 2.75) is 32.5 Å². The number of thiophene rings is 1. The lowest BCUT2D eigenvalue weighted by Crippen LogP contribution is -2.61. The summed E-state index contributed by atoms with van der Waals surface area (Å²) in [5.41, 5.74) is 7.09. The number of amidine groups is 1. The average Bonchev–Trinajstić information content (AvgIpc) is 3.10. The zero-order valence-corrected chi connectivity index (χ0v) is 17.8. The molecule has 8 heteroatoms. The van der Waals surface area contributed by atoms with Gasteiger partial charge in [0.25, 0.3) is 0 Å². The van der Waals surface area contributed by atoms with Crippen LogP contribution in [-0.2, 0) is 16.1 Å². The molecule has 152 valence electrons. The summed E-state index contributed by atoms with van der Waals surface area (Å²) in [4.78, 5) is 29.9. The molecule has 2 heterocycles. The van der Waals surface area contributed by atoms with Crippen LogP contribution in [0, 0.1) is 5.41 Å². The minimum atomic E-state index is -0.542. The highest BCUT2D eigenvalue weighted by molar-refractivity contribution is 7.17. The van der Waals surface area contributed by atoms with Gasteiger partial charge in [0, 0.05) is 35.6 Å². The smallest absolute Gasteiger partial charge is 0.247 e. The van der Waals surface area contributed by atoms with Gasteiger partial charge < -0.3 is 15.5 Å². The van der Waals surface area contributed by atoms with Crippen molar-refractivity contribution >= 4 is 46.7 Å². The quantitative estimate of drug-likeness (QED) is 0.433. The molecule has 2 amide bonds. The summed E-state index contributed by atoms with van der Waals surface area (Å²) in [7, 11) is 0. The number of nitrogens with zero attached hydrogens (tertiary/aromatic N) is 2. The molecule has 0 spiro atoms. The van der Waals surface area contributed by atoms with Gasteiger partial charge in [0.2, 0.25) is 11.8 Å². The number of piperazine rings is 1. The fraction of sp³-hybridized carbons (Fsp3) is 0.286. The highest BCUT2D eigenvalue weighted by Crippen LogP contribution is 2.24. The van der Waals surface area contributed by atoms with E-state index in [2.05, 4.69) is 0 Å². The van der Waals surface area contributed by atoms with Gasteiger partial charge in [-0.2, -0.15) is 0 Å². The second-order valence-corrected chi connectivity index (χ2v) is 8.82. The van der Waals surface area contributed by atoms with E-state index in [1.54, 1.807) is 41.0 Å². The lowest BCUT2D eigenvalue weighted by atomic mass is 10.0. The Morgan fingerprint density at radius 1 is 1.28 bits per heavy atom. The Hall–Kier alpha value is -2.64. The van der Waals surface area contributed by atoms with Gasteiger partial charge in [-0.15, -0.1) is 11.3 Å². The third-order valence-corrected chi connectivity index (χ3v) is 6.12. The van der Waals surface area contributed by atoms with E-state index in [1.165, 1.54) is 17.4 Å². The molecule has 2 unspecified atom stereocenters. The summed E-state index contributed by atoms with van der Waals surface area (Å²) in [5.74, 6) is -0.257. The zero-order valence-electron chi connectivity index (χ0n) is 16.3. The van der Waals surface area contributed by atoms with E-state index >= 15 is 0 Å². The van der Waals surface area contributed by atoms with Crippen molar-refractivity contribution in [2.75, 3.05) is 6.54 Å². The molecule has 1 aliphatic rings. The van der Waals surface area contributed by atoms with E-state index in [1.807, 2.05) is 25.1 Å². The Balaban J connectivity index is 1.68. The van der Waals surface area contributed by atoms with Crippen LogP contribution in [-0.4, -0.2) is 46.1 Å². The molecule has 1 fully saturated rings. The van der Waals surface area contributed by atoms with Crippen molar-refractivity contribution in [3.05, 3.63) is 62.8 Å². The largest absolute Gasteiger partial charge is 0.384 e. The zero-order chi connectivity index (χ0) is 21.1. The molecule has 2 aromatic rings. The molecule has 0 saturated carbocycles. The maximum atomic E-state index is 12.9. The van der Waals surface area contributed by atoms with Crippen LogP contribution in [0.5, 0.6) is 0 Å². The Labute approximate surface area is 179 Å². The molecule has 0 radical (unpaired) electrons. The minimum Gasteiger partial charge on any atom is -0.384 e. The molecule has 3 rings (SSSR count). The number of nitrogens with two attached hydrogens (primary N) is 1. The maximum Gasteiger partial charge on any atom is 0.247 e. The molecule has 0 bridgehead atoms. The van der Waals surface area contributed by atoms with Crippen LogP contribution >= 0.6 is 22.9 Å². The molecular formula is C21H23ClN4O2S. The van der Waals surface area contributed by atoms with Gasteiger partial charge >= 0.3 is 0 Å². The fourth-order valence-electron chi connectivity index (χ4n) is 3.48. The van der Waals surface area contributed by atoms with Crippen molar-refractivity contribution < 1.29 is 9.59 Å². The van der Waals surface area contributed by atoms with E-state index in [0.29, 0.717) is 23.0 Å². The summed E-state index contributed by atoms with van der Waals surface area (Å²) in [6.07, 6.45) is 3.23. The van der Waals surface area contributed by atoms with Crippen LogP contribution in [0.4, 0.5) is 0 Å². The fourth-order valence-corrected chi connectivity index (χ4v) is 4.44. The molecule has 1 saturated heterocycles. The van der Waals surface area contributed by atoms with Gasteiger partial charge in [0.05, 0.1) is 4.34 Å². The van der Waals surface area contributed by atoms with Gasteiger partial charge in [-0.25, -0.2) is 0 Å². The minimum absolute atomic E-state index is 0.0138. The first kappa shape index (κ1) is 21.1. The summed E-state index contributed by atoms with van der Waals surface area (Å²) in [6, 6.07) is 10.3. The number of amides is 2. The summed E-state index contributed by atoms with van der Waals surface area (Å²) in [6.45, 7) is 4.62. The standard InChI is InChI=1S/C21H23ClN4O2S/c1-13-11-25(12-15-3-5-16(6-4-15)20(23)24)21(28)14(2)26(13)19(27)10-8-17-7-9-18(22)29-17/h3-10,13-14H,11-12H2,1-2H3,(H3,23,24)/b10-8+.